The van der Waals surface area contributed by atoms with Crippen LogP contribution in [-0.4, -0.2) is 58.2 Å². The number of amides is 1. The van der Waals surface area contributed by atoms with Crippen molar-refractivity contribution in [2.75, 3.05) is 32.7 Å². The molecular formula is C24H26N4O. The highest BCUT2D eigenvalue weighted by Crippen LogP contribution is 2.11. The first kappa shape index (κ1) is 19.2. The Morgan fingerprint density at radius 2 is 1.62 bits per heavy atom. The maximum Gasteiger partial charge on any atom is 0.227 e. The number of piperazine rings is 1. The summed E-state index contributed by atoms with van der Waals surface area (Å²) in [7, 11) is 0. The summed E-state index contributed by atoms with van der Waals surface area (Å²) in [6, 6.07) is 20.3. The number of carbonyl (C=O) groups is 1. The second kappa shape index (κ2) is 9.34. The first-order valence-electron chi connectivity index (χ1n) is 10.1. The van der Waals surface area contributed by atoms with Crippen LogP contribution in [-0.2, 0) is 11.2 Å². The quantitative estimate of drug-likeness (QED) is 0.653. The molecule has 0 saturated carbocycles. The molecule has 1 aliphatic heterocycles. The highest BCUT2D eigenvalue weighted by Gasteiger charge is 2.21. The average Bonchev–Trinajstić information content (AvgIpc) is 3.24. The first-order chi connectivity index (χ1) is 14.3. The van der Waals surface area contributed by atoms with Crippen LogP contribution in [0.25, 0.3) is 11.8 Å². The van der Waals surface area contributed by atoms with Crippen molar-refractivity contribution < 1.29 is 4.79 Å². The lowest BCUT2D eigenvalue weighted by Gasteiger charge is -2.34. The van der Waals surface area contributed by atoms with Crippen LogP contribution >= 0.6 is 0 Å². The lowest BCUT2D eigenvalue weighted by molar-refractivity contribution is -0.132. The third-order valence-corrected chi connectivity index (χ3v) is 5.21. The van der Waals surface area contributed by atoms with Gasteiger partial charge in [0.25, 0.3) is 0 Å². The molecule has 1 fully saturated rings. The Kier molecular flexibility index (Phi) is 6.17. The second-order valence-electron chi connectivity index (χ2n) is 7.30. The molecule has 1 aromatic heterocycles. The Labute approximate surface area is 171 Å². The molecule has 1 aliphatic rings. The van der Waals surface area contributed by atoms with Crippen molar-refractivity contribution >= 4 is 12.0 Å². The van der Waals surface area contributed by atoms with Crippen LogP contribution in [0.15, 0.2) is 79.1 Å². The number of aromatic nitrogens is 2. The molecule has 0 bridgehead atoms. The van der Waals surface area contributed by atoms with Crippen molar-refractivity contribution in [1.82, 2.24) is 19.6 Å². The van der Waals surface area contributed by atoms with Gasteiger partial charge in [-0.25, -0.2) is 4.68 Å². The van der Waals surface area contributed by atoms with E-state index < -0.39 is 0 Å². The van der Waals surface area contributed by atoms with E-state index in [1.54, 1.807) is 6.20 Å². The van der Waals surface area contributed by atoms with Crippen LogP contribution in [0.2, 0.25) is 0 Å². The predicted molar refractivity (Wildman–Crippen MR) is 116 cm³/mol. The van der Waals surface area contributed by atoms with Crippen LogP contribution in [0, 0.1) is 0 Å². The van der Waals surface area contributed by atoms with E-state index in [2.05, 4.69) is 34.3 Å². The molecule has 2 aromatic carbocycles. The van der Waals surface area contributed by atoms with Gasteiger partial charge in [0.2, 0.25) is 5.91 Å². The maximum atomic E-state index is 12.7. The molecule has 0 unspecified atom stereocenters. The Bertz CT molecular complexity index is 941. The Balaban J connectivity index is 1.24. The molecule has 1 amide bonds. The number of nitrogens with zero attached hydrogens (tertiary/aromatic N) is 4. The number of hydrogen-bond acceptors (Lipinski definition) is 3. The largest absolute Gasteiger partial charge is 0.340 e. The molecule has 0 N–H and O–H groups in total. The molecule has 0 spiro atoms. The summed E-state index contributed by atoms with van der Waals surface area (Å²) in [6.45, 7) is 4.30. The Hall–Kier alpha value is -3.18. The van der Waals surface area contributed by atoms with Crippen molar-refractivity contribution in [3.8, 4) is 5.69 Å². The van der Waals surface area contributed by atoms with Crippen LogP contribution in [0.4, 0.5) is 0 Å². The summed E-state index contributed by atoms with van der Waals surface area (Å²) in [4.78, 5) is 17.0. The van der Waals surface area contributed by atoms with Crippen molar-refractivity contribution in [2.24, 2.45) is 0 Å². The predicted octanol–water partition coefficient (Wildman–Crippen LogP) is 3.27. The minimum absolute atomic E-state index is 0.178. The number of carbonyl (C=O) groups excluding carboxylic acids is 1. The van der Waals surface area contributed by atoms with E-state index in [4.69, 9.17) is 0 Å². The van der Waals surface area contributed by atoms with Crippen LogP contribution in [0.5, 0.6) is 0 Å². The third-order valence-electron chi connectivity index (χ3n) is 5.21. The zero-order valence-electron chi connectivity index (χ0n) is 16.5. The minimum Gasteiger partial charge on any atom is -0.340 e. The molecule has 1 saturated heterocycles. The van der Waals surface area contributed by atoms with Crippen molar-refractivity contribution in [3.63, 3.8) is 0 Å². The van der Waals surface area contributed by atoms with E-state index in [-0.39, 0.29) is 5.91 Å². The Morgan fingerprint density at radius 1 is 0.931 bits per heavy atom. The summed E-state index contributed by atoms with van der Waals surface area (Å²) in [5, 5.41) is 4.39. The number of hydrogen-bond donors (Lipinski definition) is 0. The van der Waals surface area contributed by atoms with Crippen LogP contribution in [0.1, 0.15) is 11.1 Å². The Morgan fingerprint density at radius 3 is 2.34 bits per heavy atom. The normalized spacial score (nSPS) is 15.1. The fourth-order valence-corrected chi connectivity index (χ4v) is 3.54. The summed E-state index contributed by atoms with van der Waals surface area (Å²) < 4.78 is 1.82. The van der Waals surface area contributed by atoms with Crippen LogP contribution in [0.3, 0.4) is 0 Å². The number of benzene rings is 2. The molecule has 0 atom stereocenters. The fraction of sp³-hybridized carbons (Fsp3) is 0.250. The monoisotopic (exact) mass is 386 g/mol. The summed E-state index contributed by atoms with van der Waals surface area (Å²) >= 11 is 0. The van der Waals surface area contributed by atoms with Gasteiger partial charge in [-0.2, -0.15) is 5.10 Å². The lowest BCUT2D eigenvalue weighted by atomic mass is 10.2. The van der Waals surface area contributed by atoms with E-state index in [0.717, 1.165) is 44.0 Å². The summed E-state index contributed by atoms with van der Waals surface area (Å²) in [5.74, 6) is 0.178. The molecule has 2 heterocycles. The SMILES string of the molecule is O=C(Cc1cnn(-c2ccccc2)c1)N1CCN(C/C=C/c2ccccc2)CC1. The smallest absolute Gasteiger partial charge is 0.227 e. The molecule has 29 heavy (non-hydrogen) atoms. The van der Waals surface area contributed by atoms with E-state index in [1.165, 1.54) is 5.56 Å². The second-order valence-corrected chi connectivity index (χ2v) is 7.30. The third kappa shape index (κ3) is 5.21. The van der Waals surface area contributed by atoms with E-state index in [0.29, 0.717) is 6.42 Å². The molecule has 5 nitrogen and oxygen atoms in total. The first-order valence-corrected chi connectivity index (χ1v) is 10.1. The molecule has 3 aromatic rings. The summed E-state index contributed by atoms with van der Waals surface area (Å²) in [5.41, 5.74) is 3.17. The van der Waals surface area contributed by atoms with Crippen molar-refractivity contribution in [2.45, 2.75) is 6.42 Å². The highest BCUT2D eigenvalue weighted by atomic mass is 16.2. The van der Waals surface area contributed by atoms with Gasteiger partial charge in [-0.1, -0.05) is 60.7 Å². The van der Waals surface area contributed by atoms with Crippen LogP contribution < -0.4 is 0 Å². The molecule has 148 valence electrons. The summed E-state index contributed by atoms with van der Waals surface area (Å²) in [6.07, 6.45) is 8.49. The van der Waals surface area contributed by atoms with Gasteiger partial charge in [0.05, 0.1) is 18.3 Å². The standard InChI is InChI=1S/C24H26N4O/c29-24(18-22-19-25-28(20-22)23-11-5-2-6-12-23)27-16-14-26(15-17-27)13-7-10-21-8-3-1-4-9-21/h1-12,19-20H,13-18H2/b10-7+. The van der Waals surface area contributed by atoms with E-state index in [1.807, 2.05) is 64.3 Å². The van der Waals surface area contributed by atoms with E-state index in [9.17, 15) is 4.79 Å². The zero-order valence-corrected chi connectivity index (χ0v) is 16.5. The highest BCUT2D eigenvalue weighted by molar-refractivity contribution is 5.78. The zero-order chi connectivity index (χ0) is 19.9. The topological polar surface area (TPSA) is 41.4 Å². The fourth-order valence-electron chi connectivity index (χ4n) is 3.54. The number of para-hydroxylation sites is 1. The lowest BCUT2D eigenvalue weighted by Crippen LogP contribution is -2.49. The van der Waals surface area contributed by atoms with Gasteiger partial charge in [0.15, 0.2) is 0 Å². The van der Waals surface area contributed by atoms with Gasteiger partial charge in [-0.3, -0.25) is 9.69 Å². The average molecular weight is 386 g/mol. The molecule has 4 rings (SSSR count). The molecule has 0 radical (unpaired) electrons. The molecule has 5 heteroatoms. The van der Waals surface area contributed by atoms with Gasteiger partial charge in [-0.05, 0) is 23.3 Å². The van der Waals surface area contributed by atoms with Gasteiger partial charge in [-0.15, -0.1) is 0 Å². The molecular weight excluding hydrogens is 360 g/mol. The minimum atomic E-state index is 0.178. The van der Waals surface area contributed by atoms with Gasteiger partial charge >= 0.3 is 0 Å². The van der Waals surface area contributed by atoms with Gasteiger partial charge in [0.1, 0.15) is 0 Å². The number of rotatable bonds is 6. The van der Waals surface area contributed by atoms with E-state index >= 15 is 0 Å². The van der Waals surface area contributed by atoms with Gasteiger partial charge in [0, 0.05) is 38.9 Å². The van der Waals surface area contributed by atoms with Gasteiger partial charge < -0.3 is 4.90 Å². The maximum absolute atomic E-state index is 12.7. The van der Waals surface area contributed by atoms with Crippen molar-refractivity contribution in [1.29, 1.82) is 0 Å². The van der Waals surface area contributed by atoms with Crippen molar-refractivity contribution in [3.05, 3.63) is 90.3 Å². The molecule has 0 aliphatic carbocycles.